The predicted octanol–water partition coefficient (Wildman–Crippen LogP) is -1.44. The molecular weight excluding hydrogens is 249 g/mol. The average molecular weight is 263 g/mol. The van der Waals surface area contributed by atoms with E-state index in [9.17, 15) is 0 Å². The van der Waals surface area contributed by atoms with Gasteiger partial charge in [-0.15, -0.1) is 0 Å². The highest BCUT2D eigenvalue weighted by Crippen LogP contribution is 1.94. The van der Waals surface area contributed by atoms with Gasteiger partial charge < -0.3 is 24.0 Å². The van der Waals surface area contributed by atoms with Crippen LogP contribution in [0.5, 0.6) is 0 Å². The summed E-state index contributed by atoms with van der Waals surface area (Å²) >= 11 is 0. The van der Waals surface area contributed by atoms with E-state index in [1.54, 1.807) is 0 Å². The molecule has 0 spiro atoms. The number of halogens is 1. The summed E-state index contributed by atoms with van der Waals surface area (Å²) in [7, 11) is 0. The summed E-state index contributed by atoms with van der Waals surface area (Å²) in [5, 5.41) is 0. The predicted molar refractivity (Wildman–Crippen MR) is 41.7 cm³/mol. The fourth-order valence-electron chi connectivity index (χ4n) is 0.935. The lowest BCUT2D eigenvalue weighted by Gasteiger charge is -1.93. The van der Waals surface area contributed by atoms with Gasteiger partial charge in [0.15, 0.2) is 12.4 Å². The van der Waals surface area contributed by atoms with Crippen molar-refractivity contribution in [2.75, 3.05) is 0 Å². The van der Waals surface area contributed by atoms with Crippen molar-refractivity contribution in [3.05, 3.63) is 30.1 Å². The molecule has 0 saturated heterocycles. The Morgan fingerprint density at radius 2 is 1.73 bits per heavy atom. The number of hydrogen-bond donors (Lipinski definition) is 0. The fourth-order valence-corrected chi connectivity index (χ4v) is 0.935. The van der Waals surface area contributed by atoms with Gasteiger partial charge in [-0.3, -0.25) is 0 Å². The van der Waals surface area contributed by atoms with E-state index in [4.69, 9.17) is 0 Å². The van der Waals surface area contributed by atoms with Crippen LogP contribution in [-0.4, -0.2) is 0 Å². The zero-order chi connectivity index (χ0) is 7.40. The molecule has 1 rings (SSSR count). The van der Waals surface area contributed by atoms with Crippen LogP contribution in [0.1, 0.15) is 19.4 Å². The molecule has 2 heteroatoms. The van der Waals surface area contributed by atoms with Gasteiger partial charge in [0.05, 0.1) is 0 Å². The molecule has 0 aliphatic heterocycles. The molecule has 0 saturated carbocycles. The Hall–Kier alpha value is -0.120. The zero-order valence-electron chi connectivity index (χ0n) is 7.05. The third kappa shape index (κ3) is 3.18. The molecule has 0 aliphatic rings. The van der Waals surface area contributed by atoms with Gasteiger partial charge in [-0.25, -0.2) is 4.57 Å². The molecule has 0 aromatic carbocycles. The fraction of sp³-hybridized carbons (Fsp3) is 0.444. The van der Waals surface area contributed by atoms with Crippen molar-refractivity contribution in [3.8, 4) is 0 Å². The summed E-state index contributed by atoms with van der Waals surface area (Å²) in [4.78, 5) is 0. The van der Waals surface area contributed by atoms with Gasteiger partial charge in [0.25, 0.3) is 0 Å². The normalized spacial score (nSPS) is 8.91. The van der Waals surface area contributed by atoms with Crippen LogP contribution in [0.2, 0.25) is 0 Å². The molecule has 0 N–H and O–H groups in total. The number of rotatable bonds is 2. The largest absolute Gasteiger partial charge is 1.00 e. The van der Waals surface area contributed by atoms with Gasteiger partial charge in [-0.2, -0.15) is 0 Å². The maximum atomic E-state index is 2.17. The molecule has 62 valence electrons. The third-order valence-corrected chi connectivity index (χ3v) is 1.73. The first kappa shape index (κ1) is 10.9. The molecule has 1 heterocycles. The zero-order valence-corrected chi connectivity index (χ0v) is 9.21. The second-order valence-electron chi connectivity index (χ2n) is 2.39. The summed E-state index contributed by atoms with van der Waals surface area (Å²) in [5.41, 5.74) is 1.41. The first-order valence-corrected chi connectivity index (χ1v) is 3.84. The number of pyridine rings is 1. The Bertz CT molecular complexity index is 170. The Labute approximate surface area is 85.5 Å². The maximum absolute atomic E-state index is 2.17. The summed E-state index contributed by atoms with van der Waals surface area (Å²) < 4.78 is 2.17. The summed E-state index contributed by atoms with van der Waals surface area (Å²) in [6, 6.07) is 4.34. The number of aromatic nitrogens is 1. The van der Waals surface area contributed by atoms with E-state index < -0.39 is 0 Å². The van der Waals surface area contributed by atoms with Crippen LogP contribution in [-0.2, 0) is 13.0 Å². The molecule has 1 aromatic heterocycles. The standard InChI is InChI=1S/C9H14N.HI/c1-3-9-5-7-10(4-2)8-6-9;/h5-8H,3-4H2,1-2H3;1H/q+1;/p-1. The maximum Gasteiger partial charge on any atom is 0.169 e. The highest BCUT2D eigenvalue weighted by molar-refractivity contribution is 5.06. The molecule has 1 nitrogen and oxygen atoms in total. The van der Waals surface area contributed by atoms with Crippen molar-refractivity contribution in [3.63, 3.8) is 0 Å². The Morgan fingerprint density at radius 3 is 2.09 bits per heavy atom. The summed E-state index contributed by atoms with van der Waals surface area (Å²) in [6.07, 6.45) is 5.38. The van der Waals surface area contributed by atoms with Gasteiger partial charge >= 0.3 is 0 Å². The van der Waals surface area contributed by atoms with E-state index in [-0.39, 0.29) is 24.0 Å². The van der Waals surface area contributed by atoms with Crippen molar-refractivity contribution in [2.24, 2.45) is 0 Å². The van der Waals surface area contributed by atoms with Gasteiger partial charge in [0.2, 0.25) is 0 Å². The van der Waals surface area contributed by atoms with Crippen LogP contribution in [0, 0.1) is 0 Å². The van der Waals surface area contributed by atoms with Crippen LogP contribution in [0.3, 0.4) is 0 Å². The van der Waals surface area contributed by atoms with Crippen LogP contribution < -0.4 is 28.5 Å². The van der Waals surface area contributed by atoms with Gasteiger partial charge in [-0.1, -0.05) is 6.92 Å². The molecule has 0 atom stereocenters. The number of aryl methyl sites for hydroxylation is 2. The smallest absolute Gasteiger partial charge is 0.169 e. The van der Waals surface area contributed by atoms with Gasteiger partial charge in [0, 0.05) is 12.1 Å². The monoisotopic (exact) mass is 263 g/mol. The molecule has 0 aliphatic carbocycles. The highest BCUT2D eigenvalue weighted by atomic mass is 127. The first-order chi connectivity index (χ1) is 4.86. The lowest BCUT2D eigenvalue weighted by atomic mass is 10.2. The number of hydrogen-bond acceptors (Lipinski definition) is 0. The molecule has 0 amide bonds. The van der Waals surface area contributed by atoms with Gasteiger partial charge in [-0.05, 0) is 18.9 Å². The minimum Gasteiger partial charge on any atom is -1.00 e. The molecular formula is C9H14IN. The second kappa shape index (κ2) is 5.52. The first-order valence-electron chi connectivity index (χ1n) is 3.84. The Morgan fingerprint density at radius 1 is 1.18 bits per heavy atom. The highest BCUT2D eigenvalue weighted by Gasteiger charge is 1.93. The minimum absolute atomic E-state index is 0. The van der Waals surface area contributed by atoms with Crippen molar-refractivity contribution in [2.45, 2.75) is 26.8 Å². The van der Waals surface area contributed by atoms with E-state index >= 15 is 0 Å². The van der Waals surface area contributed by atoms with Gasteiger partial charge in [0.1, 0.15) is 6.54 Å². The SMILES string of the molecule is CCc1cc[n+](CC)cc1.[I-]. The topological polar surface area (TPSA) is 3.88 Å². The van der Waals surface area contributed by atoms with Crippen LogP contribution in [0.15, 0.2) is 24.5 Å². The lowest BCUT2D eigenvalue weighted by Crippen LogP contribution is -3.00. The average Bonchev–Trinajstić information content (AvgIpc) is 2.05. The summed E-state index contributed by atoms with van der Waals surface area (Å²) in [6.45, 7) is 5.38. The van der Waals surface area contributed by atoms with Crippen molar-refractivity contribution >= 4 is 0 Å². The van der Waals surface area contributed by atoms with Crippen LogP contribution >= 0.6 is 0 Å². The second-order valence-corrected chi connectivity index (χ2v) is 2.39. The van der Waals surface area contributed by atoms with E-state index in [0.29, 0.717) is 0 Å². The number of nitrogens with zero attached hydrogens (tertiary/aromatic N) is 1. The molecule has 0 unspecified atom stereocenters. The third-order valence-electron chi connectivity index (χ3n) is 1.73. The Kier molecular flexibility index (Phi) is 5.46. The van der Waals surface area contributed by atoms with Crippen molar-refractivity contribution in [1.29, 1.82) is 0 Å². The van der Waals surface area contributed by atoms with Crippen LogP contribution in [0.4, 0.5) is 0 Å². The molecule has 0 bridgehead atoms. The molecule has 1 aromatic rings. The Balaban J connectivity index is 0.000001000. The molecule has 0 fully saturated rings. The van der Waals surface area contributed by atoms with E-state index in [1.807, 2.05) is 0 Å². The van der Waals surface area contributed by atoms with Crippen molar-refractivity contribution < 1.29 is 28.5 Å². The van der Waals surface area contributed by atoms with Crippen molar-refractivity contribution in [1.82, 2.24) is 0 Å². The van der Waals surface area contributed by atoms with E-state index in [2.05, 4.69) is 42.9 Å². The quantitative estimate of drug-likeness (QED) is 0.454. The molecule has 11 heavy (non-hydrogen) atoms. The van der Waals surface area contributed by atoms with E-state index in [1.165, 1.54) is 5.56 Å². The minimum atomic E-state index is 0. The van der Waals surface area contributed by atoms with E-state index in [0.717, 1.165) is 13.0 Å². The van der Waals surface area contributed by atoms with Crippen LogP contribution in [0.25, 0.3) is 0 Å². The molecule has 0 radical (unpaired) electrons. The summed E-state index contributed by atoms with van der Waals surface area (Å²) in [5.74, 6) is 0. The lowest BCUT2D eigenvalue weighted by molar-refractivity contribution is -0.693.